The molecule has 0 aliphatic rings. The number of nitrogens with zero attached hydrogens (tertiary/aromatic N) is 1. The lowest BCUT2D eigenvalue weighted by molar-refractivity contribution is 0.112. The van der Waals surface area contributed by atoms with Crippen molar-refractivity contribution in [2.45, 2.75) is 26.8 Å². The number of aromatic nitrogens is 1. The van der Waals surface area contributed by atoms with E-state index < -0.39 is 0 Å². The van der Waals surface area contributed by atoms with Gasteiger partial charge in [-0.1, -0.05) is 6.92 Å². The topological polar surface area (TPSA) is 39.1 Å². The molecule has 0 saturated heterocycles. The van der Waals surface area contributed by atoms with E-state index in [9.17, 15) is 9.59 Å². The Bertz CT molecular complexity index is 366. The van der Waals surface area contributed by atoms with E-state index in [1.807, 2.05) is 13.8 Å². The van der Waals surface area contributed by atoms with Gasteiger partial charge in [0.2, 0.25) is 0 Å². The van der Waals surface area contributed by atoms with E-state index in [4.69, 9.17) is 0 Å². The lowest BCUT2D eigenvalue weighted by Crippen LogP contribution is -2.23. The second-order valence-corrected chi connectivity index (χ2v) is 3.09. The monoisotopic (exact) mass is 179 g/mol. The Morgan fingerprint density at radius 1 is 1.54 bits per heavy atom. The van der Waals surface area contributed by atoms with Crippen LogP contribution in [0.4, 0.5) is 0 Å². The molecule has 1 heterocycles. The fourth-order valence-electron chi connectivity index (χ4n) is 1.31. The van der Waals surface area contributed by atoms with Crippen LogP contribution in [0.25, 0.3) is 0 Å². The van der Waals surface area contributed by atoms with Gasteiger partial charge in [-0.3, -0.25) is 9.59 Å². The molecule has 0 fully saturated rings. The highest BCUT2D eigenvalue weighted by Gasteiger charge is 2.02. The van der Waals surface area contributed by atoms with Crippen LogP contribution in [0.1, 0.15) is 29.3 Å². The van der Waals surface area contributed by atoms with Gasteiger partial charge in [-0.2, -0.15) is 0 Å². The van der Waals surface area contributed by atoms with Crippen LogP contribution in [-0.2, 0) is 6.54 Å². The van der Waals surface area contributed by atoms with Gasteiger partial charge in [0.1, 0.15) is 0 Å². The van der Waals surface area contributed by atoms with Crippen molar-refractivity contribution in [1.82, 2.24) is 4.57 Å². The highest BCUT2D eigenvalue weighted by Crippen LogP contribution is 1.97. The number of aryl methyl sites for hydroxylation is 2. The summed E-state index contributed by atoms with van der Waals surface area (Å²) in [7, 11) is 0. The number of carbonyl (C=O) groups is 1. The van der Waals surface area contributed by atoms with E-state index in [1.54, 1.807) is 16.8 Å². The molecule has 0 N–H and O–H groups in total. The van der Waals surface area contributed by atoms with Crippen LogP contribution in [0.3, 0.4) is 0 Å². The van der Waals surface area contributed by atoms with E-state index >= 15 is 0 Å². The molecule has 3 heteroatoms. The van der Waals surface area contributed by atoms with Gasteiger partial charge in [-0.25, -0.2) is 0 Å². The van der Waals surface area contributed by atoms with Crippen LogP contribution < -0.4 is 5.56 Å². The van der Waals surface area contributed by atoms with E-state index in [0.29, 0.717) is 12.8 Å². The average Bonchev–Trinajstić information content (AvgIpc) is 2.11. The summed E-state index contributed by atoms with van der Waals surface area (Å²) in [6.07, 6.45) is 3.28. The molecule has 0 unspecified atom stereocenters. The molecule has 13 heavy (non-hydrogen) atoms. The van der Waals surface area contributed by atoms with Gasteiger partial charge in [0.25, 0.3) is 5.56 Å². The van der Waals surface area contributed by atoms with E-state index in [1.165, 1.54) is 0 Å². The minimum atomic E-state index is -0.192. The molecule has 1 aromatic heterocycles. The molecule has 0 saturated carbocycles. The number of hydrogen-bond acceptors (Lipinski definition) is 2. The third-order valence-corrected chi connectivity index (χ3v) is 1.84. The molecule has 70 valence electrons. The van der Waals surface area contributed by atoms with Crippen molar-refractivity contribution in [1.29, 1.82) is 0 Å². The summed E-state index contributed by atoms with van der Waals surface area (Å²) in [6.45, 7) is 4.54. The van der Waals surface area contributed by atoms with Gasteiger partial charge in [-0.15, -0.1) is 0 Å². The molecule has 0 amide bonds. The fraction of sp³-hybridized carbons (Fsp3) is 0.400. The number of aldehydes is 1. The number of rotatable bonds is 3. The summed E-state index contributed by atoms with van der Waals surface area (Å²) in [4.78, 5) is 22.0. The van der Waals surface area contributed by atoms with Crippen LogP contribution in [0, 0.1) is 6.92 Å². The summed E-state index contributed by atoms with van der Waals surface area (Å²) in [5.74, 6) is 0. The highest BCUT2D eigenvalue weighted by molar-refractivity contribution is 5.74. The molecule has 0 bridgehead atoms. The smallest absolute Gasteiger partial charge is 0.261 e. The third kappa shape index (κ3) is 2.05. The number of carbonyl (C=O) groups excluding carboxylic acids is 1. The molecule has 0 aromatic carbocycles. The third-order valence-electron chi connectivity index (χ3n) is 1.84. The Morgan fingerprint density at radius 3 is 2.77 bits per heavy atom. The second-order valence-electron chi connectivity index (χ2n) is 3.09. The Labute approximate surface area is 77.0 Å². The molecule has 1 rings (SSSR count). The lowest BCUT2D eigenvalue weighted by atomic mass is 10.2. The van der Waals surface area contributed by atoms with Crippen molar-refractivity contribution >= 4 is 6.29 Å². The maximum Gasteiger partial charge on any atom is 0.261 e. The molecular formula is C10H13NO2. The van der Waals surface area contributed by atoms with Crippen LogP contribution in [-0.4, -0.2) is 10.9 Å². The Hall–Kier alpha value is -1.38. The van der Waals surface area contributed by atoms with Crippen molar-refractivity contribution in [3.63, 3.8) is 0 Å². The van der Waals surface area contributed by atoms with Gasteiger partial charge in [0.15, 0.2) is 6.29 Å². The van der Waals surface area contributed by atoms with Crippen molar-refractivity contribution in [2.75, 3.05) is 0 Å². The maximum atomic E-state index is 11.5. The molecule has 0 spiro atoms. The standard InChI is InChI=1S/C10H13NO2/c1-3-4-11-6-8(2)5-9(7-12)10(11)13/h5-7H,3-4H2,1-2H3. The minimum Gasteiger partial charge on any atom is -0.315 e. The van der Waals surface area contributed by atoms with Crippen molar-refractivity contribution in [3.05, 3.63) is 33.7 Å². The van der Waals surface area contributed by atoms with Crippen LogP contribution in [0.5, 0.6) is 0 Å². The van der Waals surface area contributed by atoms with Crippen LogP contribution >= 0.6 is 0 Å². The summed E-state index contributed by atoms with van der Waals surface area (Å²) in [6, 6.07) is 1.61. The first kappa shape index (κ1) is 9.71. The quantitative estimate of drug-likeness (QED) is 0.657. The van der Waals surface area contributed by atoms with E-state index in [0.717, 1.165) is 12.0 Å². The summed E-state index contributed by atoms with van der Waals surface area (Å²) in [5.41, 5.74) is 0.992. The molecule has 3 nitrogen and oxygen atoms in total. The molecule has 0 radical (unpaired) electrons. The molecular weight excluding hydrogens is 166 g/mol. The fourth-order valence-corrected chi connectivity index (χ4v) is 1.31. The zero-order chi connectivity index (χ0) is 9.84. The largest absolute Gasteiger partial charge is 0.315 e. The Balaban J connectivity index is 3.27. The first-order valence-corrected chi connectivity index (χ1v) is 4.35. The summed E-state index contributed by atoms with van der Waals surface area (Å²) < 4.78 is 1.58. The van der Waals surface area contributed by atoms with Gasteiger partial charge in [0.05, 0.1) is 5.56 Å². The first-order chi connectivity index (χ1) is 6.19. The van der Waals surface area contributed by atoms with Gasteiger partial charge in [0, 0.05) is 12.7 Å². The summed E-state index contributed by atoms with van der Waals surface area (Å²) >= 11 is 0. The van der Waals surface area contributed by atoms with Crippen molar-refractivity contribution in [2.24, 2.45) is 0 Å². The van der Waals surface area contributed by atoms with Crippen molar-refractivity contribution < 1.29 is 4.79 Å². The summed E-state index contributed by atoms with van der Waals surface area (Å²) in [5, 5.41) is 0. The second kappa shape index (κ2) is 4.03. The minimum absolute atomic E-state index is 0.192. The van der Waals surface area contributed by atoms with Gasteiger partial charge >= 0.3 is 0 Å². The van der Waals surface area contributed by atoms with Crippen molar-refractivity contribution in [3.8, 4) is 0 Å². The van der Waals surface area contributed by atoms with Gasteiger partial charge < -0.3 is 4.57 Å². The predicted molar refractivity (Wildman–Crippen MR) is 51.1 cm³/mol. The van der Waals surface area contributed by atoms with Crippen LogP contribution in [0.15, 0.2) is 17.1 Å². The van der Waals surface area contributed by atoms with Crippen LogP contribution in [0.2, 0.25) is 0 Å². The number of pyridine rings is 1. The molecule has 0 aliphatic carbocycles. The van der Waals surface area contributed by atoms with Gasteiger partial charge in [-0.05, 0) is 25.0 Å². The zero-order valence-corrected chi connectivity index (χ0v) is 7.91. The Morgan fingerprint density at radius 2 is 2.23 bits per heavy atom. The Kier molecular flexibility index (Phi) is 3.01. The molecule has 0 aliphatic heterocycles. The van der Waals surface area contributed by atoms with E-state index in [-0.39, 0.29) is 11.1 Å². The highest BCUT2D eigenvalue weighted by atomic mass is 16.1. The predicted octanol–water partition coefficient (Wildman–Crippen LogP) is 1.38. The zero-order valence-electron chi connectivity index (χ0n) is 7.91. The normalized spacial score (nSPS) is 10.0. The lowest BCUT2D eigenvalue weighted by Gasteiger charge is -2.05. The SMILES string of the molecule is CCCn1cc(C)cc(C=O)c1=O. The first-order valence-electron chi connectivity index (χ1n) is 4.35. The average molecular weight is 179 g/mol. The maximum absolute atomic E-state index is 11.5. The molecule has 0 atom stereocenters. The number of hydrogen-bond donors (Lipinski definition) is 0. The van der Waals surface area contributed by atoms with E-state index in [2.05, 4.69) is 0 Å². The molecule has 1 aromatic rings.